The average Bonchev–Trinajstić information content (AvgIpc) is 2.55. The largest absolute Gasteiger partial charge is 0.573 e. The summed E-state index contributed by atoms with van der Waals surface area (Å²) >= 11 is 0. The lowest BCUT2D eigenvalue weighted by molar-refractivity contribution is -0.274. The fraction of sp³-hybridized carbons (Fsp3) is 0.273. The first-order valence-electron chi connectivity index (χ1n) is 5.29. The number of anilines is 1. The van der Waals surface area contributed by atoms with Gasteiger partial charge in [0.05, 0.1) is 6.42 Å². The number of alkyl halides is 3. The van der Waals surface area contributed by atoms with Crippen LogP contribution in [0.4, 0.5) is 18.9 Å². The Balaban J connectivity index is 2.07. The third-order valence-electron chi connectivity index (χ3n) is 2.38. The van der Waals surface area contributed by atoms with Gasteiger partial charge in [0.1, 0.15) is 11.8 Å². The van der Waals surface area contributed by atoms with Crippen molar-refractivity contribution in [3.8, 4) is 5.75 Å². The molecule has 0 spiro atoms. The summed E-state index contributed by atoms with van der Waals surface area (Å²) in [4.78, 5) is 22.3. The zero-order valence-corrected chi connectivity index (χ0v) is 9.45. The van der Waals surface area contributed by atoms with E-state index in [1.807, 2.05) is 0 Å². The molecule has 2 rings (SSSR count). The van der Waals surface area contributed by atoms with E-state index in [-0.39, 0.29) is 12.1 Å². The number of nitrogens with one attached hydrogen (secondary N) is 2. The Labute approximate surface area is 105 Å². The summed E-state index contributed by atoms with van der Waals surface area (Å²) in [5.41, 5.74) is 0.261. The monoisotopic (exact) mass is 274 g/mol. The fourth-order valence-electron chi connectivity index (χ4n) is 1.65. The topological polar surface area (TPSA) is 67.4 Å². The standard InChI is InChI=1S/C11H9F3N2O3/c12-11(13,14)19-7-3-1-2-6(4-7)15-8-5-9(17)16-10(8)18/h1-4,8,15H,5H2,(H,16,17,18). The van der Waals surface area contributed by atoms with E-state index in [9.17, 15) is 22.8 Å². The van der Waals surface area contributed by atoms with Gasteiger partial charge in [0.2, 0.25) is 11.8 Å². The number of benzene rings is 1. The quantitative estimate of drug-likeness (QED) is 0.818. The van der Waals surface area contributed by atoms with Crippen LogP contribution in [0.15, 0.2) is 24.3 Å². The van der Waals surface area contributed by atoms with Crippen LogP contribution in [0.5, 0.6) is 5.75 Å². The number of carbonyl (C=O) groups excluding carboxylic acids is 2. The molecule has 5 nitrogen and oxygen atoms in total. The third-order valence-corrected chi connectivity index (χ3v) is 2.38. The molecule has 0 bridgehead atoms. The minimum atomic E-state index is -4.78. The number of carbonyl (C=O) groups is 2. The molecule has 0 saturated carbocycles. The lowest BCUT2D eigenvalue weighted by atomic mass is 10.2. The maximum Gasteiger partial charge on any atom is 0.573 e. The molecule has 1 aromatic rings. The number of hydrogen-bond acceptors (Lipinski definition) is 4. The zero-order chi connectivity index (χ0) is 14.0. The Morgan fingerprint density at radius 3 is 2.63 bits per heavy atom. The van der Waals surface area contributed by atoms with E-state index in [2.05, 4.69) is 15.4 Å². The highest BCUT2D eigenvalue weighted by Gasteiger charge is 2.32. The predicted octanol–water partition coefficient (Wildman–Crippen LogP) is 1.41. The maximum absolute atomic E-state index is 12.0. The molecule has 1 fully saturated rings. The molecular weight excluding hydrogens is 265 g/mol. The molecule has 1 unspecified atom stereocenters. The van der Waals surface area contributed by atoms with Crippen LogP contribution in [0.3, 0.4) is 0 Å². The van der Waals surface area contributed by atoms with Crippen LogP contribution in [-0.2, 0) is 9.59 Å². The van der Waals surface area contributed by atoms with E-state index in [1.165, 1.54) is 12.1 Å². The van der Waals surface area contributed by atoms with Crippen LogP contribution in [0, 0.1) is 0 Å². The Bertz CT molecular complexity index is 516. The molecule has 19 heavy (non-hydrogen) atoms. The molecule has 0 aromatic heterocycles. The molecule has 1 atom stereocenters. The zero-order valence-electron chi connectivity index (χ0n) is 9.45. The minimum absolute atomic E-state index is 0.0524. The van der Waals surface area contributed by atoms with E-state index in [1.54, 1.807) is 0 Å². The molecule has 0 radical (unpaired) electrons. The SMILES string of the molecule is O=C1CC(Nc2cccc(OC(F)(F)F)c2)C(=O)N1. The second-order valence-corrected chi connectivity index (χ2v) is 3.89. The minimum Gasteiger partial charge on any atom is -0.406 e. The molecule has 8 heteroatoms. The van der Waals surface area contributed by atoms with Crippen LogP contribution in [0.25, 0.3) is 0 Å². The molecule has 2 amide bonds. The lowest BCUT2D eigenvalue weighted by Gasteiger charge is -2.13. The summed E-state index contributed by atoms with van der Waals surface area (Å²) in [6.45, 7) is 0. The van der Waals surface area contributed by atoms with Crippen LogP contribution in [-0.4, -0.2) is 24.2 Å². The Morgan fingerprint density at radius 2 is 2.05 bits per heavy atom. The van der Waals surface area contributed by atoms with Gasteiger partial charge < -0.3 is 10.1 Å². The number of imide groups is 1. The van der Waals surface area contributed by atoms with E-state index in [0.717, 1.165) is 12.1 Å². The van der Waals surface area contributed by atoms with Gasteiger partial charge in [-0.3, -0.25) is 14.9 Å². The van der Waals surface area contributed by atoms with Gasteiger partial charge in [-0.25, -0.2) is 0 Å². The van der Waals surface area contributed by atoms with Crippen LogP contribution >= 0.6 is 0 Å². The number of ether oxygens (including phenoxy) is 1. The van der Waals surface area contributed by atoms with Crippen molar-refractivity contribution in [1.82, 2.24) is 5.32 Å². The van der Waals surface area contributed by atoms with E-state index < -0.39 is 30.0 Å². The molecule has 2 N–H and O–H groups in total. The van der Waals surface area contributed by atoms with E-state index in [4.69, 9.17) is 0 Å². The highest BCUT2D eigenvalue weighted by atomic mass is 19.4. The van der Waals surface area contributed by atoms with Gasteiger partial charge in [-0.1, -0.05) is 6.07 Å². The second kappa shape index (κ2) is 4.79. The Kier molecular flexibility index (Phi) is 3.32. The van der Waals surface area contributed by atoms with Gasteiger partial charge in [0, 0.05) is 11.8 Å². The molecule has 102 valence electrons. The van der Waals surface area contributed by atoms with Crippen LogP contribution in [0.1, 0.15) is 6.42 Å². The van der Waals surface area contributed by atoms with Crippen molar-refractivity contribution in [2.24, 2.45) is 0 Å². The van der Waals surface area contributed by atoms with Gasteiger partial charge in [0.15, 0.2) is 0 Å². The molecule has 0 aliphatic carbocycles. The van der Waals surface area contributed by atoms with Crippen LogP contribution in [0.2, 0.25) is 0 Å². The van der Waals surface area contributed by atoms with Gasteiger partial charge in [-0.2, -0.15) is 0 Å². The summed E-state index contributed by atoms with van der Waals surface area (Å²) in [6, 6.07) is 4.27. The van der Waals surface area contributed by atoms with Crippen molar-refractivity contribution in [2.75, 3.05) is 5.32 Å². The molecule has 1 aliphatic rings. The fourth-order valence-corrected chi connectivity index (χ4v) is 1.65. The van der Waals surface area contributed by atoms with Crippen LogP contribution < -0.4 is 15.4 Å². The maximum atomic E-state index is 12.0. The van der Waals surface area contributed by atoms with Gasteiger partial charge in [-0.05, 0) is 12.1 Å². The average molecular weight is 274 g/mol. The summed E-state index contributed by atoms with van der Waals surface area (Å²) < 4.78 is 39.9. The van der Waals surface area contributed by atoms with Crippen molar-refractivity contribution >= 4 is 17.5 Å². The first-order valence-corrected chi connectivity index (χ1v) is 5.29. The molecule has 1 aliphatic heterocycles. The highest BCUT2D eigenvalue weighted by Crippen LogP contribution is 2.25. The van der Waals surface area contributed by atoms with Crippen molar-refractivity contribution < 1.29 is 27.5 Å². The number of halogens is 3. The van der Waals surface area contributed by atoms with Gasteiger partial charge >= 0.3 is 6.36 Å². The summed E-state index contributed by atoms with van der Waals surface area (Å²) in [6.07, 6.45) is -4.83. The van der Waals surface area contributed by atoms with Crippen molar-refractivity contribution in [3.05, 3.63) is 24.3 Å². The normalized spacial score (nSPS) is 19.2. The lowest BCUT2D eigenvalue weighted by Crippen LogP contribution is -2.30. The third kappa shape index (κ3) is 3.60. The molecule has 1 saturated heterocycles. The molecule has 1 aromatic carbocycles. The van der Waals surface area contributed by atoms with Crippen molar-refractivity contribution in [3.63, 3.8) is 0 Å². The smallest absolute Gasteiger partial charge is 0.406 e. The van der Waals surface area contributed by atoms with Crippen molar-refractivity contribution in [1.29, 1.82) is 0 Å². The molecular formula is C11H9F3N2O3. The first-order chi connectivity index (χ1) is 8.83. The highest BCUT2D eigenvalue weighted by molar-refractivity contribution is 6.06. The predicted molar refractivity (Wildman–Crippen MR) is 58.3 cm³/mol. The van der Waals surface area contributed by atoms with Gasteiger partial charge in [0.25, 0.3) is 0 Å². The van der Waals surface area contributed by atoms with Gasteiger partial charge in [-0.15, -0.1) is 13.2 Å². The summed E-state index contributed by atoms with van der Waals surface area (Å²) in [7, 11) is 0. The van der Waals surface area contributed by atoms with E-state index in [0.29, 0.717) is 0 Å². The molecule has 1 heterocycles. The summed E-state index contributed by atoms with van der Waals surface area (Å²) in [5, 5.41) is 4.76. The number of hydrogen-bond donors (Lipinski definition) is 2. The number of amides is 2. The van der Waals surface area contributed by atoms with Crippen molar-refractivity contribution in [2.45, 2.75) is 18.8 Å². The Morgan fingerprint density at radius 1 is 1.32 bits per heavy atom. The van der Waals surface area contributed by atoms with E-state index >= 15 is 0 Å². The first kappa shape index (κ1) is 13.2. The summed E-state index contributed by atoms with van der Waals surface area (Å²) in [5.74, 6) is -1.33. The Hall–Kier alpha value is -2.25. The number of rotatable bonds is 3. The second-order valence-electron chi connectivity index (χ2n) is 3.89.